The number of benzene rings is 2. The van der Waals surface area contributed by atoms with Gasteiger partial charge in [0.2, 0.25) is 11.6 Å². The summed E-state index contributed by atoms with van der Waals surface area (Å²) >= 11 is 0. The Morgan fingerprint density at radius 1 is 0.818 bits per heavy atom. The van der Waals surface area contributed by atoms with Crippen molar-refractivity contribution in [1.82, 2.24) is 19.6 Å². The first kappa shape index (κ1) is 20.5. The van der Waals surface area contributed by atoms with Crippen LogP contribution in [0.3, 0.4) is 0 Å². The van der Waals surface area contributed by atoms with E-state index in [9.17, 15) is 4.39 Å². The van der Waals surface area contributed by atoms with E-state index < -0.39 is 0 Å². The summed E-state index contributed by atoms with van der Waals surface area (Å²) in [5.74, 6) is 2.32. The number of ether oxygens (including phenoxy) is 3. The molecule has 5 aromatic rings. The van der Waals surface area contributed by atoms with Gasteiger partial charge in [0, 0.05) is 17.3 Å². The number of aromatic nitrogens is 4. The van der Waals surface area contributed by atoms with Crippen molar-refractivity contribution in [2.75, 3.05) is 21.3 Å². The van der Waals surface area contributed by atoms with Crippen molar-refractivity contribution < 1.29 is 23.0 Å². The predicted octanol–water partition coefficient (Wildman–Crippen LogP) is 4.88. The van der Waals surface area contributed by atoms with Crippen LogP contribution in [0, 0.1) is 5.82 Å². The number of halogens is 1. The summed E-state index contributed by atoms with van der Waals surface area (Å²) in [6.45, 7) is 0. The molecule has 0 bridgehead atoms. The molecule has 0 atom stereocenters. The quantitative estimate of drug-likeness (QED) is 0.367. The second-order valence-corrected chi connectivity index (χ2v) is 7.07. The molecule has 166 valence electrons. The van der Waals surface area contributed by atoms with E-state index in [2.05, 4.69) is 10.2 Å². The molecular formula is C24H19FN4O4. The Morgan fingerprint density at radius 2 is 1.52 bits per heavy atom. The van der Waals surface area contributed by atoms with E-state index in [0.717, 1.165) is 11.1 Å². The number of nitrogens with zero attached hydrogens (tertiary/aromatic N) is 4. The highest BCUT2D eigenvalue weighted by Crippen LogP contribution is 2.41. The Morgan fingerprint density at radius 3 is 2.18 bits per heavy atom. The van der Waals surface area contributed by atoms with Gasteiger partial charge in [-0.3, -0.25) is 4.40 Å². The maximum Gasteiger partial charge on any atom is 0.268 e. The summed E-state index contributed by atoms with van der Waals surface area (Å²) < 4.78 is 37.5. The molecule has 3 aromatic heterocycles. The van der Waals surface area contributed by atoms with Crippen molar-refractivity contribution in [2.24, 2.45) is 0 Å². The van der Waals surface area contributed by atoms with Gasteiger partial charge in [-0.1, -0.05) is 6.07 Å². The minimum Gasteiger partial charge on any atom is -0.493 e. The number of hydrogen-bond donors (Lipinski definition) is 0. The zero-order valence-corrected chi connectivity index (χ0v) is 18.1. The molecule has 8 nitrogen and oxygen atoms in total. The van der Waals surface area contributed by atoms with Crippen LogP contribution in [0.1, 0.15) is 0 Å². The molecule has 0 aliphatic carbocycles. The van der Waals surface area contributed by atoms with Gasteiger partial charge in [-0.2, -0.15) is 0 Å². The second-order valence-electron chi connectivity index (χ2n) is 7.07. The van der Waals surface area contributed by atoms with Gasteiger partial charge in [0.1, 0.15) is 11.6 Å². The first-order valence-electron chi connectivity index (χ1n) is 10.00. The average Bonchev–Trinajstić information content (AvgIpc) is 3.49. The number of methoxy groups -OCH3 is 3. The van der Waals surface area contributed by atoms with E-state index >= 15 is 0 Å². The summed E-state index contributed by atoms with van der Waals surface area (Å²) in [5.41, 5.74) is 2.65. The molecule has 5 rings (SSSR count). The van der Waals surface area contributed by atoms with E-state index in [0.29, 0.717) is 34.3 Å². The van der Waals surface area contributed by atoms with Crippen LogP contribution in [-0.2, 0) is 0 Å². The van der Waals surface area contributed by atoms with Crippen molar-refractivity contribution in [3.05, 3.63) is 66.6 Å². The smallest absolute Gasteiger partial charge is 0.268 e. The lowest BCUT2D eigenvalue weighted by atomic mass is 10.1. The van der Waals surface area contributed by atoms with Gasteiger partial charge in [-0.15, -0.1) is 10.2 Å². The van der Waals surface area contributed by atoms with E-state index in [1.807, 2.05) is 40.9 Å². The maximum atomic E-state index is 13.3. The standard InChI is InChI=1S/C24H19FN4O4/c1-30-18-12-15(13-19(31-2)21(18)32-3)22-26-20(17-6-4-5-11-29(17)22)24-28-27-23(33-24)14-7-9-16(25)10-8-14/h4-13H,1-3H3. The molecule has 0 saturated heterocycles. The molecule has 0 amide bonds. The molecule has 33 heavy (non-hydrogen) atoms. The average molecular weight is 446 g/mol. The van der Waals surface area contributed by atoms with Crippen LogP contribution in [0.5, 0.6) is 17.2 Å². The Hall–Kier alpha value is -4.40. The van der Waals surface area contributed by atoms with Gasteiger partial charge in [0.15, 0.2) is 17.2 Å². The lowest BCUT2D eigenvalue weighted by Crippen LogP contribution is -1.97. The predicted molar refractivity (Wildman–Crippen MR) is 119 cm³/mol. The van der Waals surface area contributed by atoms with Crippen LogP contribution in [0.2, 0.25) is 0 Å². The van der Waals surface area contributed by atoms with Crippen LogP contribution in [0.25, 0.3) is 39.9 Å². The minimum absolute atomic E-state index is 0.247. The normalized spacial score (nSPS) is 11.0. The lowest BCUT2D eigenvalue weighted by molar-refractivity contribution is 0.324. The highest BCUT2D eigenvalue weighted by molar-refractivity contribution is 5.79. The van der Waals surface area contributed by atoms with Crippen molar-refractivity contribution in [2.45, 2.75) is 0 Å². The molecular weight excluding hydrogens is 427 g/mol. The zero-order valence-electron chi connectivity index (χ0n) is 18.1. The summed E-state index contributed by atoms with van der Waals surface area (Å²) in [6, 6.07) is 15.2. The molecule has 9 heteroatoms. The fourth-order valence-corrected chi connectivity index (χ4v) is 3.64. The zero-order chi connectivity index (χ0) is 22.9. The number of pyridine rings is 1. The number of hydrogen-bond acceptors (Lipinski definition) is 7. The van der Waals surface area contributed by atoms with Crippen molar-refractivity contribution in [3.63, 3.8) is 0 Å². The minimum atomic E-state index is -0.339. The second kappa shape index (κ2) is 8.27. The first-order chi connectivity index (χ1) is 16.1. The fourth-order valence-electron chi connectivity index (χ4n) is 3.64. The Bertz CT molecular complexity index is 1420. The molecule has 0 unspecified atom stereocenters. The lowest BCUT2D eigenvalue weighted by Gasteiger charge is -2.13. The van der Waals surface area contributed by atoms with E-state index in [4.69, 9.17) is 23.6 Å². The van der Waals surface area contributed by atoms with Crippen molar-refractivity contribution >= 4 is 5.52 Å². The van der Waals surface area contributed by atoms with Gasteiger partial charge >= 0.3 is 0 Å². The molecule has 0 N–H and O–H groups in total. The van der Waals surface area contributed by atoms with Crippen LogP contribution >= 0.6 is 0 Å². The van der Waals surface area contributed by atoms with E-state index in [1.54, 1.807) is 33.5 Å². The molecule has 0 aliphatic rings. The SMILES string of the molecule is COc1cc(-c2nc(-c3nnc(-c4ccc(F)cc4)o3)c3ccccn23)cc(OC)c1OC. The van der Waals surface area contributed by atoms with Gasteiger partial charge < -0.3 is 18.6 Å². The Kier molecular flexibility index (Phi) is 5.14. The molecule has 0 aliphatic heterocycles. The van der Waals surface area contributed by atoms with Gasteiger partial charge in [-0.25, -0.2) is 9.37 Å². The Balaban J connectivity index is 1.66. The van der Waals surface area contributed by atoms with Crippen LogP contribution in [0.15, 0.2) is 65.2 Å². The van der Waals surface area contributed by atoms with E-state index in [1.165, 1.54) is 12.1 Å². The third-order valence-corrected chi connectivity index (χ3v) is 5.19. The largest absolute Gasteiger partial charge is 0.493 e. The van der Waals surface area contributed by atoms with E-state index in [-0.39, 0.29) is 17.6 Å². The third-order valence-electron chi connectivity index (χ3n) is 5.19. The molecule has 0 fully saturated rings. The van der Waals surface area contributed by atoms with Crippen LogP contribution in [-0.4, -0.2) is 40.9 Å². The third kappa shape index (κ3) is 3.53. The van der Waals surface area contributed by atoms with Crippen molar-refractivity contribution in [3.8, 4) is 51.7 Å². The summed E-state index contributed by atoms with van der Waals surface area (Å²) in [6.07, 6.45) is 1.89. The number of imidazole rings is 1. The topological polar surface area (TPSA) is 83.9 Å². The van der Waals surface area contributed by atoms with Gasteiger partial charge in [-0.05, 0) is 48.5 Å². The van der Waals surface area contributed by atoms with Gasteiger partial charge in [0.25, 0.3) is 5.89 Å². The summed E-state index contributed by atoms with van der Waals surface area (Å²) in [4.78, 5) is 4.81. The van der Waals surface area contributed by atoms with Crippen LogP contribution in [0.4, 0.5) is 4.39 Å². The highest BCUT2D eigenvalue weighted by atomic mass is 19.1. The highest BCUT2D eigenvalue weighted by Gasteiger charge is 2.22. The fraction of sp³-hybridized carbons (Fsp3) is 0.125. The number of rotatable bonds is 6. The summed E-state index contributed by atoms with van der Waals surface area (Å²) in [5, 5.41) is 8.30. The molecule has 3 heterocycles. The molecule has 0 spiro atoms. The molecule has 0 saturated carbocycles. The van der Waals surface area contributed by atoms with Crippen molar-refractivity contribution in [1.29, 1.82) is 0 Å². The molecule has 2 aromatic carbocycles. The summed E-state index contributed by atoms with van der Waals surface area (Å²) in [7, 11) is 4.68. The number of fused-ring (bicyclic) bond motifs is 1. The van der Waals surface area contributed by atoms with Crippen LogP contribution < -0.4 is 14.2 Å². The molecule has 0 radical (unpaired) electrons. The van der Waals surface area contributed by atoms with Gasteiger partial charge in [0.05, 0.1) is 26.8 Å². The maximum absolute atomic E-state index is 13.3. The first-order valence-corrected chi connectivity index (χ1v) is 10.00. The monoisotopic (exact) mass is 446 g/mol. The Labute approximate surface area is 188 Å².